The molecule has 6 nitrogen and oxygen atoms in total. The van der Waals surface area contributed by atoms with Crippen molar-refractivity contribution >= 4 is 17.5 Å². The monoisotopic (exact) mass is 361 g/mol. The maximum Gasteiger partial charge on any atom is 0.254 e. The van der Waals surface area contributed by atoms with Gasteiger partial charge >= 0.3 is 0 Å². The summed E-state index contributed by atoms with van der Waals surface area (Å²) in [6.45, 7) is 2.85. The van der Waals surface area contributed by atoms with E-state index in [-0.39, 0.29) is 24.1 Å². The molecule has 0 saturated carbocycles. The fourth-order valence-electron chi connectivity index (χ4n) is 2.85. The van der Waals surface area contributed by atoms with Gasteiger partial charge in [-0.3, -0.25) is 14.2 Å². The molecule has 0 spiro atoms. The molecule has 0 aliphatic carbocycles. The number of aryl methyl sites for hydroxylation is 1. The van der Waals surface area contributed by atoms with Crippen molar-refractivity contribution in [1.29, 1.82) is 0 Å². The van der Waals surface area contributed by atoms with E-state index in [9.17, 15) is 9.59 Å². The molecule has 7 heteroatoms. The van der Waals surface area contributed by atoms with Crippen LogP contribution in [0.1, 0.15) is 18.5 Å². The smallest absolute Gasteiger partial charge is 0.254 e. The Hall–Kier alpha value is -2.18. The minimum absolute atomic E-state index is 0.0595. The average molecular weight is 362 g/mol. The fraction of sp³-hybridized carbons (Fsp3) is 0.389. The van der Waals surface area contributed by atoms with Crippen molar-refractivity contribution < 1.29 is 9.53 Å². The molecule has 1 atom stereocenters. The molecule has 1 saturated heterocycles. The largest absolute Gasteiger partial charge is 0.376 e. The van der Waals surface area contributed by atoms with Gasteiger partial charge in [-0.15, -0.1) is 0 Å². The molecule has 1 aliphatic heterocycles. The molecule has 132 valence electrons. The summed E-state index contributed by atoms with van der Waals surface area (Å²) in [5.74, 6) is 0.186. The first kappa shape index (κ1) is 17.6. The summed E-state index contributed by atoms with van der Waals surface area (Å²) in [6.07, 6.45) is 2.02. The topological polar surface area (TPSA) is 73.2 Å². The Balaban J connectivity index is 1.82. The molecule has 2 heterocycles. The van der Waals surface area contributed by atoms with Gasteiger partial charge in [0.2, 0.25) is 5.91 Å². The normalized spacial score (nSPS) is 16.8. The Morgan fingerprint density at radius 3 is 3.00 bits per heavy atom. The second-order valence-electron chi connectivity index (χ2n) is 6.09. The van der Waals surface area contributed by atoms with Crippen LogP contribution in [-0.4, -0.2) is 34.7 Å². The first-order valence-electron chi connectivity index (χ1n) is 8.25. The van der Waals surface area contributed by atoms with Crippen molar-refractivity contribution in [2.24, 2.45) is 0 Å². The fourth-order valence-corrected chi connectivity index (χ4v) is 3.04. The highest BCUT2D eigenvalue weighted by Gasteiger charge is 2.17. The molecular weight excluding hydrogens is 342 g/mol. The predicted octanol–water partition coefficient (Wildman–Crippen LogP) is 2.17. The first-order valence-corrected chi connectivity index (χ1v) is 8.63. The number of amides is 1. The van der Waals surface area contributed by atoms with Crippen LogP contribution in [0.3, 0.4) is 0 Å². The van der Waals surface area contributed by atoms with Crippen molar-refractivity contribution in [1.82, 2.24) is 14.9 Å². The molecule has 0 radical (unpaired) electrons. The van der Waals surface area contributed by atoms with Crippen LogP contribution in [0, 0.1) is 6.92 Å². The molecular formula is C18H20ClN3O3. The number of hydrogen-bond acceptors (Lipinski definition) is 4. The molecule has 1 aromatic heterocycles. The van der Waals surface area contributed by atoms with Crippen LogP contribution >= 0.6 is 11.6 Å². The van der Waals surface area contributed by atoms with Gasteiger partial charge in [-0.1, -0.05) is 23.7 Å². The lowest BCUT2D eigenvalue weighted by Crippen LogP contribution is -2.37. The Kier molecular flexibility index (Phi) is 5.50. The van der Waals surface area contributed by atoms with Gasteiger partial charge in [0.05, 0.1) is 6.10 Å². The number of ether oxygens (including phenoxy) is 1. The average Bonchev–Trinajstić information content (AvgIpc) is 3.08. The number of halogens is 1. The summed E-state index contributed by atoms with van der Waals surface area (Å²) in [7, 11) is 0. The molecule has 1 amide bonds. The first-order chi connectivity index (χ1) is 12.0. The number of benzene rings is 1. The Bertz CT molecular complexity index is 829. The van der Waals surface area contributed by atoms with Crippen LogP contribution in [-0.2, 0) is 16.1 Å². The maximum atomic E-state index is 12.4. The summed E-state index contributed by atoms with van der Waals surface area (Å²) in [5.41, 5.74) is 1.02. The third-order valence-corrected chi connectivity index (χ3v) is 4.31. The molecule has 1 aliphatic rings. The van der Waals surface area contributed by atoms with E-state index >= 15 is 0 Å². The van der Waals surface area contributed by atoms with Crippen LogP contribution in [0.15, 0.2) is 35.1 Å². The molecule has 0 unspecified atom stereocenters. The molecule has 0 bridgehead atoms. The van der Waals surface area contributed by atoms with Crippen molar-refractivity contribution in [3.63, 3.8) is 0 Å². The quantitative estimate of drug-likeness (QED) is 0.885. The van der Waals surface area contributed by atoms with Gasteiger partial charge in [-0.25, -0.2) is 4.98 Å². The van der Waals surface area contributed by atoms with E-state index in [0.717, 1.165) is 19.4 Å². The molecule has 25 heavy (non-hydrogen) atoms. The molecule has 1 fully saturated rings. The third kappa shape index (κ3) is 4.46. The van der Waals surface area contributed by atoms with Crippen molar-refractivity contribution in [3.05, 3.63) is 51.4 Å². The minimum atomic E-state index is -0.269. The van der Waals surface area contributed by atoms with Crippen LogP contribution in [0.25, 0.3) is 11.4 Å². The van der Waals surface area contributed by atoms with Crippen LogP contribution in [0.2, 0.25) is 5.02 Å². The third-order valence-electron chi connectivity index (χ3n) is 4.07. The summed E-state index contributed by atoms with van der Waals surface area (Å²) >= 11 is 6.05. The van der Waals surface area contributed by atoms with Crippen molar-refractivity contribution in [2.75, 3.05) is 13.2 Å². The van der Waals surface area contributed by atoms with Crippen LogP contribution in [0.4, 0.5) is 0 Å². The van der Waals surface area contributed by atoms with E-state index < -0.39 is 0 Å². The highest BCUT2D eigenvalue weighted by molar-refractivity contribution is 6.30. The highest BCUT2D eigenvalue weighted by atomic mass is 35.5. The van der Waals surface area contributed by atoms with Gasteiger partial charge in [0, 0.05) is 35.5 Å². The summed E-state index contributed by atoms with van der Waals surface area (Å²) in [5, 5.41) is 3.37. The lowest BCUT2D eigenvalue weighted by atomic mass is 10.2. The minimum Gasteiger partial charge on any atom is -0.376 e. The lowest BCUT2D eigenvalue weighted by Gasteiger charge is -2.14. The highest BCUT2D eigenvalue weighted by Crippen LogP contribution is 2.20. The van der Waals surface area contributed by atoms with Crippen molar-refractivity contribution in [2.45, 2.75) is 32.4 Å². The van der Waals surface area contributed by atoms with Crippen LogP contribution in [0.5, 0.6) is 0 Å². The van der Waals surface area contributed by atoms with E-state index in [1.807, 2.05) is 6.07 Å². The summed E-state index contributed by atoms with van der Waals surface area (Å²) in [6, 6.07) is 8.49. The number of nitrogens with zero attached hydrogens (tertiary/aromatic N) is 2. The second-order valence-corrected chi connectivity index (χ2v) is 6.53. The number of carbonyl (C=O) groups excluding carboxylic acids is 1. The van der Waals surface area contributed by atoms with Crippen LogP contribution < -0.4 is 10.9 Å². The van der Waals surface area contributed by atoms with Gasteiger partial charge in [-0.2, -0.15) is 0 Å². The van der Waals surface area contributed by atoms with E-state index in [2.05, 4.69) is 10.3 Å². The Labute approximate surface area is 150 Å². The van der Waals surface area contributed by atoms with E-state index in [1.165, 1.54) is 10.6 Å². The SMILES string of the molecule is Cc1cc(=O)n(CC(=O)NC[C@@H]2CCCO2)c(-c2cccc(Cl)c2)n1. The Morgan fingerprint density at radius 1 is 1.44 bits per heavy atom. The maximum absolute atomic E-state index is 12.4. The molecule has 2 aromatic rings. The zero-order chi connectivity index (χ0) is 17.8. The zero-order valence-corrected chi connectivity index (χ0v) is 14.8. The van der Waals surface area contributed by atoms with Gasteiger partial charge in [-0.05, 0) is 31.9 Å². The molecule has 3 rings (SSSR count). The standard InChI is InChI=1S/C18H20ClN3O3/c1-12-8-17(24)22(11-16(23)20-10-15-6-3-7-25-15)18(21-12)13-4-2-5-14(19)9-13/h2,4-5,8-9,15H,3,6-7,10-11H2,1H3,(H,20,23)/t15-/m0/s1. The van der Waals surface area contributed by atoms with Gasteiger partial charge < -0.3 is 10.1 Å². The molecule has 1 aromatic carbocycles. The zero-order valence-electron chi connectivity index (χ0n) is 14.0. The Morgan fingerprint density at radius 2 is 2.28 bits per heavy atom. The van der Waals surface area contributed by atoms with Gasteiger partial charge in [0.15, 0.2) is 0 Å². The number of rotatable bonds is 5. The number of hydrogen-bond donors (Lipinski definition) is 1. The van der Waals surface area contributed by atoms with E-state index in [4.69, 9.17) is 16.3 Å². The predicted molar refractivity (Wildman–Crippen MR) is 95.7 cm³/mol. The number of aromatic nitrogens is 2. The summed E-state index contributed by atoms with van der Waals surface area (Å²) in [4.78, 5) is 29.1. The van der Waals surface area contributed by atoms with Crippen molar-refractivity contribution in [3.8, 4) is 11.4 Å². The summed E-state index contributed by atoms with van der Waals surface area (Å²) < 4.78 is 6.85. The second kappa shape index (κ2) is 7.80. The van der Waals surface area contributed by atoms with E-state index in [1.54, 1.807) is 25.1 Å². The lowest BCUT2D eigenvalue weighted by molar-refractivity contribution is -0.122. The molecule has 1 N–H and O–H groups in total. The number of nitrogens with one attached hydrogen (secondary N) is 1. The van der Waals surface area contributed by atoms with Gasteiger partial charge in [0.25, 0.3) is 5.56 Å². The van der Waals surface area contributed by atoms with Gasteiger partial charge in [0.1, 0.15) is 12.4 Å². The van der Waals surface area contributed by atoms with E-state index in [0.29, 0.717) is 28.6 Å². The number of carbonyl (C=O) groups is 1.